The Bertz CT molecular complexity index is 651. The van der Waals surface area contributed by atoms with Crippen LogP contribution < -0.4 is 5.32 Å². The van der Waals surface area contributed by atoms with E-state index in [0.29, 0.717) is 12.4 Å². The number of hydrogen-bond donors (Lipinski definition) is 1. The number of para-hydroxylation sites is 1. The van der Waals surface area contributed by atoms with Crippen LogP contribution in [-0.2, 0) is 6.18 Å². The zero-order valence-electron chi connectivity index (χ0n) is 10.2. The van der Waals surface area contributed by atoms with E-state index in [1.54, 1.807) is 0 Å². The van der Waals surface area contributed by atoms with Crippen molar-refractivity contribution in [1.82, 2.24) is 9.78 Å². The first-order valence-corrected chi connectivity index (χ1v) is 5.42. The third-order valence-corrected chi connectivity index (χ3v) is 2.62. The highest BCUT2D eigenvalue weighted by molar-refractivity contribution is 5.70. The van der Waals surface area contributed by atoms with Crippen LogP contribution in [0.1, 0.15) is 5.56 Å². The summed E-state index contributed by atoms with van der Waals surface area (Å²) >= 11 is 0. The highest BCUT2D eigenvalue weighted by Gasteiger charge is 2.33. The van der Waals surface area contributed by atoms with Crippen molar-refractivity contribution in [1.29, 1.82) is 0 Å². The first kappa shape index (κ1) is 13.8. The molecule has 0 atom stereocenters. The minimum Gasteiger partial charge on any atom is -0.382 e. The van der Waals surface area contributed by atoms with Crippen molar-refractivity contribution in [2.75, 3.05) is 12.4 Å². The topological polar surface area (TPSA) is 73.0 Å². The Balaban J connectivity index is 2.58. The fourth-order valence-electron chi connectivity index (χ4n) is 1.71. The van der Waals surface area contributed by atoms with Crippen LogP contribution in [0.4, 0.5) is 24.5 Å². The average Bonchev–Trinajstić information content (AvgIpc) is 2.86. The van der Waals surface area contributed by atoms with E-state index >= 15 is 0 Å². The second-order valence-electron chi connectivity index (χ2n) is 3.85. The number of hydrogen-bond acceptors (Lipinski definition) is 4. The summed E-state index contributed by atoms with van der Waals surface area (Å²) in [5, 5.41) is 17.2. The molecular weight excluding hydrogens is 277 g/mol. The second kappa shape index (κ2) is 4.83. The molecule has 9 heteroatoms. The summed E-state index contributed by atoms with van der Waals surface area (Å²) in [6.45, 7) is 0. The Morgan fingerprint density at radius 2 is 2.10 bits per heavy atom. The SMILES string of the molecule is CNc1cccc(-n2cc(C(F)(F)F)cn2)c1[N+](=O)[O-]. The molecule has 2 aromatic rings. The molecule has 0 spiro atoms. The zero-order valence-corrected chi connectivity index (χ0v) is 10.2. The van der Waals surface area contributed by atoms with Gasteiger partial charge in [-0.2, -0.15) is 18.3 Å². The van der Waals surface area contributed by atoms with Crippen molar-refractivity contribution < 1.29 is 18.1 Å². The molecule has 0 aliphatic heterocycles. The third kappa shape index (κ3) is 2.42. The van der Waals surface area contributed by atoms with Crippen molar-refractivity contribution in [3.8, 4) is 5.69 Å². The minimum absolute atomic E-state index is 0.0441. The summed E-state index contributed by atoms with van der Waals surface area (Å²) in [4.78, 5) is 10.4. The van der Waals surface area contributed by atoms with Gasteiger partial charge in [0.15, 0.2) is 0 Å². The van der Waals surface area contributed by atoms with Crippen LogP contribution in [0.15, 0.2) is 30.6 Å². The van der Waals surface area contributed by atoms with E-state index < -0.39 is 16.7 Å². The number of alkyl halides is 3. The van der Waals surface area contributed by atoms with Crippen LogP contribution in [0, 0.1) is 10.1 Å². The number of rotatable bonds is 3. The molecule has 0 bridgehead atoms. The fraction of sp³-hybridized carbons (Fsp3) is 0.182. The van der Waals surface area contributed by atoms with Crippen molar-refractivity contribution >= 4 is 11.4 Å². The van der Waals surface area contributed by atoms with Gasteiger partial charge in [-0.25, -0.2) is 4.68 Å². The van der Waals surface area contributed by atoms with E-state index in [2.05, 4.69) is 10.4 Å². The molecule has 1 heterocycles. The maximum absolute atomic E-state index is 12.5. The molecule has 0 unspecified atom stereocenters. The van der Waals surface area contributed by atoms with Crippen LogP contribution in [-0.4, -0.2) is 21.8 Å². The summed E-state index contributed by atoms with van der Waals surface area (Å²) in [7, 11) is 1.48. The summed E-state index contributed by atoms with van der Waals surface area (Å²) < 4.78 is 38.4. The highest BCUT2D eigenvalue weighted by Crippen LogP contribution is 2.33. The predicted octanol–water partition coefficient (Wildman–Crippen LogP) is 2.84. The molecule has 0 radical (unpaired) electrons. The van der Waals surface area contributed by atoms with Gasteiger partial charge in [0.25, 0.3) is 0 Å². The van der Waals surface area contributed by atoms with Gasteiger partial charge < -0.3 is 5.32 Å². The third-order valence-electron chi connectivity index (χ3n) is 2.62. The molecule has 0 amide bonds. The van der Waals surface area contributed by atoms with Crippen LogP contribution in [0.3, 0.4) is 0 Å². The Labute approximate surface area is 111 Å². The largest absolute Gasteiger partial charge is 0.419 e. The Hall–Kier alpha value is -2.58. The number of nitro benzene ring substituents is 1. The number of nitrogens with zero attached hydrogens (tertiary/aromatic N) is 3. The van der Waals surface area contributed by atoms with Gasteiger partial charge in [0.05, 0.1) is 16.7 Å². The normalized spacial score (nSPS) is 11.4. The van der Waals surface area contributed by atoms with E-state index in [4.69, 9.17) is 0 Å². The van der Waals surface area contributed by atoms with Gasteiger partial charge in [0.1, 0.15) is 11.4 Å². The molecular formula is C11H9F3N4O2. The lowest BCUT2D eigenvalue weighted by atomic mass is 10.2. The minimum atomic E-state index is -4.55. The zero-order chi connectivity index (χ0) is 14.9. The Morgan fingerprint density at radius 1 is 1.40 bits per heavy atom. The van der Waals surface area contributed by atoms with E-state index in [-0.39, 0.29) is 17.1 Å². The standard InChI is InChI=1S/C11H9F3N4O2/c1-15-8-3-2-4-9(10(8)18(19)20)17-6-7(5-16-17)11(12,13)14/h2-6,15H,1H3. The summed E-state index contributed by atoms with van der Waals surface area (Å²) in [6.07, 6.45) is -3.22. The van der Waals surface area contributed by atoms with Gasteiger partial charge in [-0.15, -0.1) is 0 Å². The summed E-state index contributed by atoms with van der Waals surface area (Å²) in [6, 6.07) is 4.27. The molecule has 6 nitrogen and oxygen atoms in total. The van der Waals surface area contributed by atoms with Gasteiger partial charge in [0.2, 0.25) is 0 Å². The maximum Gasteiger partial charge on any atom is 0.419 e. The van der Waals surface area contributed by atoms with Crippen LogP contribution in [0.2, 0.25) is 0 Å². The van der Waals surface area contributed by atoms with E-state index in [1.165, 1.54) is 25.2 Å². The monoisotopic (exact) mass is 286 g/mol. The molecule has 0 fully saturated rings. The average molecular weight is 286 g/mol. The molecule has 20 heavy (non-hydrogen) atoms. The predicted molar refractivity (Wildman–Crippen MR) is 64.8 cm³/mol. The Morgan fingerprint density at radius 3 is 2.60 bits per heavy atom. The number of benzene rings is 1. The lowest BCUT2D eigenvalue weighted by Gasteiger charge is -2.07. The number of nitro groups is 1. The lowest BCUT2D eigenvalue weighted by Crippen LogP contribution is -2.05. The number of aromatic nitrogens is 2. The molecule has 2 rings (SSSR count). The van der Waals surface area contributed by atoms with Crippen molar-refractivity contribution in [2.24, 2.45) is 0 Å². The lowest BCUT2D eigenvalue weighted by molar-refractivity contribution is -0.383. The number of nitrogens with one attached hydrogen (secondary N) is 1. The van der Waals surface area contributed by atoms with E-state index in [1.807, 2.05) is 0 Å². The van der Waals surface area contributed by atoms with E-state index in [9.17, 15) is 23.3 Å². The highest BCUT2D eigenvalue weighted by atomic mass is 19.4. The van der Waals surface area contributed by atoms with Crippen molar-refractivity contribution in [2.45, 2.75) is 6.18 Å². The second-order valence-corrected chi connectivity index (χ2v) is 3.85. The summed E-state index contributed by atoms with van der Waals surface area (Å²) in [5.41, 5.74) is -1.16. The first-order chi connectivity index (χ1) is 9.34. The van der Waals surface area contributed by atoms with Gasteiger partial charge in [-0.05, 0) is 12.1 Å². The smallest absolute Gasteiger partial charge is 0.382 e. The van der Waals surface area contributed by atoms with Crippen molar-refractivity contribution in [3.63, 3.8) is 0 Å². The van der Waals surface area contributed by atoms with Gasteiger partial charge in [0, 0.05) is 13.2 Å². The molecule has 1 N–H and O–H groups in total. The quantitative estimate of drug-likeness (QED) is 0.695. The van der Waals surface area contributed by atoms with E-state index in [0.717, 1.165) is 4.68 Å². The number of halogens is 3. The van der Waals surface area contributed by atoms with Crippen LogP contribution in [0.25, 0.3) is 5.69 Å². The van der Waals surface area contributed by atoms with Crippen LogP contribution >= 0.6 is 0 Å². The van der Waals surface area contributed by atoms with Crippen molar-refractivity contribution in [3.05, 3.63) is 46.3 Å². The summed E-state index contributed by atoms with van der Waals surface area (Å²) in [5.74, 6) is 0. The maximum atomic E-state index is 12.5. The molecule has 0 saturated carbocycles. The molecule has 0 aliphatic rings. The van der Waals surface area contributed by atoms with Gasteiger partial charge in [-0.3, -0.25) is 10.1 Å². The Kier molecular flexibility index (Phi) is 3.35. The van der Waals surface area contributed by atoms with Gasteiger partial charge in [-0.1, -0.05) is 6.07 Å². The molecule has 1 aromatic carbocycles. The van der Waals surface area contributed by atoms with Gasteiger partial charge >= 0.3 is 11.9 Å². The molecule has 1 aromatic heterocycles. The fourth-order valence-corrected chi connectivity index (χ4v) is 1.71. The molecule has 0 saturated heterocycles. The molecule has 106 valence electrons. The number of anilines is 1. The molecule has 0 aliphatic carbocycles. The first-order valence-electron chi connectivity index (χ1n) is 5.42. The van der Waals surface area contributed by atoms with Crippen LogP contribution in [0.5, 0.6) is 0 Å².